The molecule has 6 nitrogen and oxygen atoms in total. The first-order chi connectivity index (χ1) is 12.6. The number of ether oxygens (including phenoxy) is 2. The Morgan fingerprint density at radius 1 is 1.11 bits per heavy atom. The van der Waals surface area contributed by atoms with Crippen LogP contribution in [0.4, 0.5) is 0 Å². The first kappa shape index (κ1) is 21.1. The molecule has 0 bridgehead atoms. The van der Waals surface area contributed by atoms with E-state index in [0.29, 0.717) is 24.0 Å². The van der Waals surface area contributed by atoms with Crippen LogP contribution in [0.15, 0.2) is 23.3 Å². The Balaban J connectivity index is 2.49. The number of Topliss-reactive ketones (excluding diaryl/α,β-unsaturated/α-hetero) is 2. The van der Waals surface area contributed by atoms with E-state index in [2.05, 4.69) is 13.5 Å². The van der Waals surface area contributed by atoms with Crippen molar-refractivity contribution < 1.29 is 28.7 Å². The Kier molecular flexibility index (Phi) is 6.73. The SMILES string of the molecule is C=C(COC(C)=O)[C@H]1CC[C@@H](C)[C@H]2CC(=O)C(CC(C)=O)=C2[C@@H]1OC(C)=O. The molecular weight excluding hydrogens is 348 g/mol. The molecule has 0 spiro atoms. The fraction of sp³-hybridized carbons (Fsp3) is 0.619. The third-order valence-corrected chi connectivity index (χ3v) is 5.49. The predicted molar refractivity (Wildman–Crippen MR) is 98.7 cm³/mol. The summed E-state index contributed by atoms with van der Waals surface area (Å²) in [5, 5.41) is 0. The molecule has 2 aliphatic carbocycles. The summed E-state index contributed by atoms with van der Waals surface area (Å²) in [5.74, 6) is -1.08. The lowest BCUT2D eigenvalue weighted by Gasteiger charge is -2.30. The zero-order chi connectivity index (χ0) is 20.3. The first-order valence-electron chi connectivity index (χ1n) is 9.35. The van der Waals surface area contributed by atoms with Crippen LogP contribution in [0.1, 0.15) is 53.4 Å². The van der Waals surface area contributed by atoms with E-state index in [1.165, 1.54) is 20.8 Å². The summed E-state index contributed by atoms with van der Waals surface area (Å²) in [6, 6.07) is 0. The van der Waals surface area contributed by atoms with Gasteiger partial charge in [0, 0.05) is 38.2 Å². The lowest BCUT2D eigenvalue weighted by Crippen LogP contribution is -2.32. The third kappa shape index (κ3) is 4.93. The number of fused-ring (bicyclic) bond motifs is 1. The van der Waals surface area contributed by atoms with Gasteiger partial charge in [-0.25, -0.2) is 0 Å². The molecular formula is C21H28O6. The Hall–Kier alpha value is -2.24. The highest BCUT2D eigenvalue weighted by molar-refractivity contribution is 6.03. The normalized spacial score (nSPS) is 27.6. The number of hydrogen-bond acceptors (Lipinski definition) is 6. The number of ketones is 2. The standard InChI is InChI=1S/C21H28O6/c1-11-6-7-16(12(2)10-26-14(4)23)21(27-15(5)24)20-17(11)9-19(25)18(20)8-13(3)22/h11,16-17,21H,2,6-10H2,1,3-5H3/t11-,16-,17-,21-/m1/s1. The van der Waals surface area contributed by atoms with E-state index < -0.39 is 18.0 Å². The lowest BCUT2D eigenvalue weighted by molar-refractivity contribution is -0.147. The maximum atomic E-state index is 12.6. The van der Waals surface area contributed by atoms with Gasteiger partial charge in [0.25, 0.3) is 0 Å². The minimum absolute atomic E-state index is 0.0391. The number of hydrogen-bond donors (Lipinski definition) is 0. The van der Waals surface area contributed by atoms with Crippen LogP contribution in [-0.4, -0.2) is 36.2 Å². The van der Waals surface area contributed by atoms with Gasteiger partial charge in [-0.15, -0.1) is 0 Å². The Morgan fingerprint density at radius 3 is 2.33 bits per heavy atom. The van der Waals surface area contributed by atoms with Crippen molar-refractivity contribution >= 4 is 23.5 Å². The average molecular weight is 376 g/mol. The van der Waals surface area contributed by atoms with Crippen molar-refractivity contribution in [3.63, 3.8) is 0 Å². The van der Waals surface area contributed by atoms with E-state index in [1.54, 1.807) is 0 Å². The molecule has 0 N–H and O–H groups in total. The molecule has 148 valence electrons. The van der Waals surface area contributed by atoms with Crippen molar-refractivity contribution in [3.05, 3.63) is 23.3 Å². The van der Waals surface area contributed by atoms with E-state index >= 15 is 0 Å². The van der Waals surface area contributed by atoms with Gasteiger partial charge in [-0.3, -0.25) is 19.2 Å². The van der Waals surface area contributed by atoms with Crippen LogP contribution in [0.3, 0.4) is 0 Å². The van der Waals surface area contributed by atoms with Gasteiger partial charge in [0.2, 0.25) is 0 Å². The van der Waals surface area contributed by atoms with Crippen molar-refractivity contribution in [2.24, 2.45) is 17.8 Å². The zero-order valence-corrected chi connectivity index (χ0v) is 16.5. The van der Waals surface area contributed by atoms with Crippen molar-refractivity contribution in [3.8, 4) is 0 Å². The molecule has 0 amide bonds. The van der Waals surface area contributed by atoms with Crippen molar-refractivity contribution in [2.45, 2.75) is 59.5 Å². The molecule has 0 aromatic heterocycles. The monoisotopic (exact) mass is 376 g/mol. The highest BCUT2D eigenvalue weighted by Crippen LogP contribution is 2.47. The second-order valence-electron chi connectivity index (χ2n) is 7.68. The quantitative estimate of drug-likeness (QED) is 0.523. The summed E-state index contributed by atoms with van der Waals surface area (Å²) >= 11 is 0. The van der Waals surface area contributed by atoms with Gasteiger partial charge in [-0.1, -0.05) is 13.5 Å². The number of rotatable bonds is 6. The fourth-order valence-corrected chi connectivity index (χ4v) is 4.21. The number of allylic oxidation sites excluding steroid dienone is 1. The molecule has 0 aromatic carbocycles. The van der Waals surface area contributed by atoms with Crippen LogP contribution < -0.4 is 0 Å². The van der Waals surface area contributed by atoms with Gasteiger partial charge < -0.3 is 9.47 Å². The van der Waals surface area contributed by atoms with E-state index in [1.807, 2.05) is 0 Å². The molecule has 2 aliphatic rings. The molecule has 1 saturated carbocycles. The van der Waals surface area contributed by atoms with Crippen LogP contribution in [0.5, 0.6) is 0 Å². The van der Waals surface area contributed by atoms with Crippen LogP contribution in [0, 0.1) is 17.8 Å². The lowest BCUT2D eigenvalue weighted by atomic mass is 9.83. The summed E-state index contributed by atoms with van der Waals surface area (Å²) in [4.78, 5) is 47.4. The summed E-state index contributed by atoms with van der Waals surface area (Å²) < 4.78 is 10.8. The van der Waals surface area contributed by atoms with Crippen molar-refractivity contribution in [1.82, 2.24) is 0 Å². The minimum Gasteiger partial charge on any atom is -0.461 e. The van der Waals surface area contributed by atoms with Crippen LogP contribution in [-0.2, 0) is 28.7 Å². The Labute approximate surface area is 160 Å². The molecule has 0 aliphatic heterocycles. The van der Waals surface area contributed by atoms with Gasteiger partial charge in [0.15, 0.2) is 5.78 Å². The van der Waals surface area contributed by atoms with Gasteiger partial charge in [0.1, 0.15) is 18.5 Å². The Bertz CT molecular complexity index is 701. The average Bonchev–Trinajstić information content (AvgIpc) is 2.80. The predicted octanol–water partition coefficient (Wildman–Crippen LogP) is 2.95. The summed E-state index contributed by atoms with van der Waals surface area (Å²) in [6.07, 6.45) is 1.29. The first-order valence-corrected chi connectivity index (χ1v) is 9.35. The molecule has 27 heavy (non-hydrogen) atoms. The van der Waals surface area contributed by atoms with Gasteiger partial charge in [0.05, 0.1) is 0 Å². The second-order valence-corrected chi connectivity index (χ2v) is 7.68. The number of esters is 2. The topological polar surface area (TPSA) is 86.7 Å². The summed E-state index contributed by atoms with van der Waals surface area (Å²) in [7, 11) is 0. The highest BCUT2D eigenvalue weighted by atomic mass is 16.5. The van der Waals surface area contributed by atoms with Crippen LogP contribution in [0.2, 0.25) is 0 Å². The molecule has 1 fully saturated rings. The smallest absolute Gasteiger partial charge is 0.303 e. The largest absolute Gasteiger partial charge is 0.461 e. The molecule has 0 saturated heterocycles. The van der Waals surface area contributed by atoms with Gasteiger partial charge in [-0.05, 0) is 42.7 Å². The zero-order valence-electron chi connectivity index (χ0n) is 16.5. The molecule has 0 unspecified atom stereocenters. The van der Waals surface area contributed by atoms with Gasteiger partial charge >= 0.3 is 11.9 Å². The highest BCUT2D eigenvalue weighted by Gasteiger charge is 2.46. The maximum Gasteiger partial charge on any atom is 0.303 e. The fourth-order valence-electron chi connectivity index (χ4n) is 4.21. The summed E-state index contributed by atoms with van der Waals surface area (Å²) in [6.45, 7) is 10.3. The minimum atomic E-state index is -0.652. The van der Waals surface area contributed by atoms with Crippen LogP contribution in [0.25, 0.3) is 0 Å². The van der Waals surface area contributed by atoms with E-state index in [-0.39, 0.29) is 42.3 Å². The molecule has 0 aromatic rings. The van der Waals surface area contributed by atoms with E-state index in [0.717, 1.165) is 12.0 Å². The van der Waals surface area contributed by atoms with Crippen LogP contribution >= 0.6 is 0 Å². The van der Waals surface area contributed by atoms with Crippen molar-refractivity contribution in [1.29, 1.82) is 0 Å². The number of carbonyl (C=O) groups excluding carboxylic acids is 4. The van der Waals surface area contributed by atoms with Crippen molar-refractivity contribution in [2.75, 3.05) is 6.61 Å². The maximum absolute atomic E-state index is 12.6. The molecule has 0 radical (unpaired) electrons. The van der Waals surface area contributed by atoms with Gasteiger partial charge in [-0.2, -0.15) is 0 Å². The molecule has 6 heteroatoms. The Morgan fingerprint density at radius 2 is 1.78 bits per heavy atom. The number of carbonyl (C=O) groups is 4. The summed E-state index contributed by atoms with van der Waals surface area (Å²) in [5.41, 5.74) is 1.90. The molecule has 4 atom stereocenters. The van der Waals surface area contributed by atoms with E-state index in [9.17, 15) is 19.2 Å². The van der Waals surface area contributed by atoms with E-state index in [4.69, 9.17) is 9.47 Å². The molecule has 0 heterocycles. The second kappa shape index (κ2) is 8.63. The third-order valence-electron chi connectivity index (χ3n) is 5.49. The molecule has 2 rings (SSSR count).